The number of carbonyl (C=O) groups excluding carboxylic acids is 1. The lowest BCUT2D eigenvalue weighted by Gasteiger charge is -2.24. The molecule has 2 aromatic rings. The van der Waals surface area contributed by atoms with Crippen LogP contribution < -0.4 is 5.73 Å². The minimum atomic E-state index is -0.487. The maximum Gasteiger partial charge on any atom is 0.410 e. The molecule has 2 N–H and O–H groups in total. The summed E-state index contributed by atoms with van der Waals surface area (Å²) in [7, 11) is 0. The van der Waals surface area contributed by atoms with Crippen molar-refractivity contribution in [1.29, 1.82) is 0 Å². The summed E-state index contributed by atoms with van der Waals surface area (Å²) in [6.07, 6.45) is -0.282. The van der Waals surface area contributed by atoms with Crippen molar-refractivity contribution in [2.24, 2.45) is 5.73 Å². The number of ether oxygens (including phenoxy) is 1. The highest BCUT2D eigenvalue weighted by Gasteiger charge is 2.36. The number of hydrogen-bond acceptors (Lipinski definition) is 3. The highest BCUT2D eigenvalue weighted by atomic mass is 16.6. The Bertz CT molecular complexity index is 715. The first-order valence-electron chi connectivity index (χ1n) is 8.06. The molecule has 0 aliphatic carbocycles. The molecule has 1 aliphatic rings. The zero-order chi connectivity index (χ0) is 16.6. The number of nitrogens with zero attached hydrogens (tertiary/aromatic N) is 1. The Kier molecular flexibility index (Phi) is 4.02. The van der Waals surface area contributed by atoms with Crippen molar-refractivity contribution >= 4 is 16.9 Å². The van der Waals surface area contributed by atoms with Crippen LogP contribution in [0.1, 0.15) is 32.3 Å². The van der Waals surface area contributed by atoms with Gasteiger partial charge in [-0.3, -0.25) is 0 Å². The van der Waals surface area contributed by atoms with Gasteiger partial charge in [-0.05, 0) is 37.1 Å². The van der Waals surface area contributed by atoms with Crippen LogP contribution in [0.2, 0.25) is 0 Å². The third-order valence-corrected chi connectivity index (χ3v) is 4.24. The van der Waals surface area contributed by atoms with E-state index in [4.69, 9.17) is 10.5 Å². The number of benzene rings is 2. The summed E-state index contributed by atoms with van der Waals surface area (Å²) in [5.74, 6) is 0.133. The summed E-state index contributed by atoms with van der Waals surface area (Å²) in [6, 6.07) is 14.5. The molecule has 122 valence electrons. The smallest absolute Gasteiger partial charge is 0.410 e. The normalized spacial score (nSPS) is 21.7. The van der Waals surface area contributed by atoms with Gasteiger partial charge in [0.15, 0.2) is 0 Å². The first-order chi connectivity index (χ1) is 10.8. The predicted molar refractivity (Wildman–Crippen MR) is 92.5 cm³/mol. The number of rotatable bonds is 1. The van der Waals surface area contributed by atoms with Crippen molar-refractivity contribution in [3.63, 3.8) is 0 Å². The van der Waals surface area contributed by atoms with E-state index in [1.54, 1.807) is 4.90 Å². The van der Waals surface area contributed by atoms with E-state index in [2.05, 4.69) is 30.3 Å². The van der Waals surface area contributed by atoms with Gasteiger partial charge in [0.05, 0.1) is 0 Å². The number of carbonyl (C=O) groups is 1. The van der Waals surface area contributed by atoms with Gasteiger partial charge in [0.1, 0.15) is 5.60 Å². The Hall–Kier alpha value is -2.07. The molecule has 1 saturated heterocycles. The molecule has 4 nitrogen and oxygen atoms in total. The van der Waals surface area contributed by atoms with Crippen molar-refractivity contribution < 1.29 is 9.53 Å². The maximum absolute atomic E-state index is 12.3. The van der Waals surface area contributed by atoms with E-state index in [1.165, 1.54) is 16.3 Å². The number of likely N-dealkylation sites (tertiary alicyclic amines) is 1. The molecule has 0 unspecified atom stereocenters. The zero-order valence-electron chi connectivity index (χ0n) is 14.0. The van der Waals surface area contributed by atoms with Crippen LogP contribution >= 0.6 is 0 Å². The molecule has 2 aromatic carbocycles. The van der Waals surface area contributed by atoms with Crippen molar-refractivity contribution in [3.8, 4) is 0 Å². The monoisotopic (exact) mass is 312 g/mol. The molecule has 2 atom stereocenters. The Morgan fingerprint density at radius 1 is 1.13 bits per heavy atom. The van der Waals surface area contributed by atoms with Gasteiger partial charge in [-0.25, -0.2) is 4.79 Å². The molecule has 3 rings (SSSR count). The van der Waals surface area contributed by atoms with Gasteiger partial charge in [-0.2, -0.15) is 0 Å². The molecular formula is C19H24N2O2. The topological polar surface area (TPSA) is 55.6 Å². The zero-order valence-corrected chi connectivity index (χ0v) is 14.0. The largest absolute Gasteiger partial charge is 0.444 e. The Balaban J connectivity index is 1.85. The van der Waals surface area contributed by atoms with E-state index in [0.29, 0.717) is 13.1 Å². The average Bonchev–Trinajstić information content (AvgIpc) is 2.87. The minimum absolute atomic E-state index is 0.0756. The molecule has 1 aliphatic heterocycles. The predicted octanol–water partition coefficient (Wildman–Crippen LogP) is 3.50. The first-order valence-corrected chi connectivity index (χ1v) is 8.06. The van der Waals surface area contributed by atoms with Crippen LogP contribution in [0.15, 0.2) is 42.5 Å². The molecule has 0 spiro atoms. The van der Waals surface area contributed by atoms with Gasteiger partial charge < -0.3 is 15.4 Å². The molecule has 0 bridgehead atoms. The van der Waals surface area contributed by atoms with Crippen LogP contribution in [0.3, 0.4) is 0 Å². The van der Waals surface area contributed by atoms with E-state index in [0.717, 1.165) is 0 Å². The Morgan fingerprint density at radius 2 is 1.83 bits per heavy atom. The Labute approximate surface area is 137 Å². The SMILES string of the molecule is CC(C)(C)OC(=O)N1C[C@H](c2cccc3ccccc23)[C@@H](N)C1. The molecule has 1 heterocycles. The maximum atomic E-state index is 12.3. The average molecular weight is 312 g/mol. The fraction of sp³-hybridized carbons (Fsp3) is 0.421. The molecule has 23 heavy (non-hydrogen) atoms. The van der Waals surface area contributed by atoms with Gasteiger partial charge >= 0.3 is 6.09 Å². The number of nitrogens with two attached hydrogens (primary N) is 1. The second kappa shape index (κ2) is 5.85. The molecule has 1 fully saturated rings. The van der Waals surface area contributed by atoms with Crippen LogP contribution in [-0.4, -0.2) is 35.7 Å². The highest BCUT2D eigenvalue weighted by molar-refractivity contribution is 5.86. The second-order valence-electron chi connectivity index (χ2n) is 7.22. The van der Waals surface area contributed by atoms with E-state index in [9.17, 15) is 4.79 Å². The van der Waals surface area contributed by atoms with E-state index >= 15 is 0 Å². The second-order valence-corrected chi connectivity index (χ2v) is 7.22. The highest BCUT2D eigenvalue weighted by Crippen LogP contribution is 2.32. The fourth-order valence-corrected chi connectivity index (χ4v) is 3.21. The summed E-state index contributed by atoms with van der Waals surface area (Å²) < 4.78 is 5.47. The van der Waals surface area contributed by atoms with Crippen LogP contribution in [0.5, 0.6) is 0 Å². The molecule has 4 heteroatoms. The molecular weight excluding hydrogens is 288 g/mol. The van der Waals surface area contributed by atoms with Crippen molar-refractivity contribution in [2.75, 3.05) is 13.1 Å². The van der Waals surface area contributed by atoms with Gasteiger partial charge in [-0.1, -0.05) is 42.5 Å². The van der Waals surface area contributed by atoms with Gasteiger partial charge in [-0.15, -0.1) is 0 Å². The van der Waals surface area contributed by atoms with Gasteiger partial charge in [0.2, 0.25) is 0 Å². The van der Waals surface area contributed by atoms with Gasteiger partial charge in [0, 0.05) is 25.0 Å². The summed E-state index contributed by atoms with van der Waals surface area (Å²) in [5, 5.41) is 2.41. The van der Waals surface area contributed by atoms with Crippen LogP contribution in [0, 0.1) is 0 Å². The van der Waals surface area contributed by atoms with E-state index in [-0.39, 0.29) is 18.1 Å². The number of fused-ring (bicyclic) bond motifs is 1. The Morgan fingerprint density at radius 3 is 2.57 bits per heavy atom. The molecule has 0 aromatic heterocycles. The quantitative estimate of drug-likeness (QED) is 0.877. The van der Waals surface area contributed by atoms with E-state index < -0.39 is 5.60 Å². The standard InChI is InChI=1S/C19H24N2O2/c1-19(2,3)23-18(22)21-11-16(17(20)12-21)15-10-6-8-13-7-4-5-9-14(13)15/h4-10,16-17H,11-12,20H2,1-3H3/t16-,17+/m1/s1. The lowest BCUT2D eigenvalue weighted by Crippen LogP contribution is -2.36. The first kappa shape index (κ1) is 15.8. The molecule has 0 radical (unpaired) electrons. The fourth-order valence-electron chi connectivity index (χ4n) is 3.21. The van der Waals surface area contributed by atoms with Crippen molar-refractivity contribution in [2.45, 2.75) is 38.3 Å². The summed E-state index contributed by atoms with van der Waals surface area (Å²) >= 11 is 0. The summed E-state index contributed by atoms with van der Waals surface area (Å²) in [5.41, 5.74) is 7.07. The van der Waals surface area contributed by atoms with Crippen molar-refractivity contribution in [3.05, 3.63) is 48.0 Å². The number of amides is 1. The number of hydrogen-bond donors (Lipinski definition) is 1. The van der Waals surface area contributed by atoms with E-state index in [1.807, 2.05) is 32.9 Å². The van der Waals surface area contributed by atoms with Gasteiger partial charge in [0.25, 0.3) is 0 Å². The van der Waals surface area contributed by atoms with Crippen LogP contribution in [0.25, 0.3) is 10.8 Å². The lowest BCUT2D eigenvalue weighted by molar-refractivity contribution is 0.0290. The third kappa shape index (κ3) is 3.32. The summed E-state index contributed by atoms with van der Waals surface area (Å²) in [6.45, 7) is 6.77. The molecule has 0 saturated carbocycles. The van der Waals surface area contributed by atoms with Crippen LogP contribution in [0.4, 0.5) is 4.79 Å². The van der Waals surface area contributed by atoms with Crippen LogP contribution in [-0.2, 0) is 4.74 Å². The molecule has 1 amide bonds. The van der Waals surface area contributed by atoms with Crippen molar-refractivity contribution in [1.82, 2.24) is 4.90 Å². The summed E-state index contributed by atoms with van der Waals surface area (Å²) in [4.78, 5) is 14.0. The lowest BCUT2D eigenvalue weighted by atomic mass is 9.90. The minimum Gasteiger partial charge on any atom is -0.444 e. The third-order valence-electron chi connectivity index (χ3n) is 4.24.